The monoisotopic (exact) mass is 271 g/mol. The number of nitrogens with one attached hydrogen (secondary N) is 3. The van der Waals surface area contributed by atoms with Crippen LogP contribution in [0.25, 0.3) is 0 Å². The smallest absolute Gasteiger partial charge is 0.315 e. The van der Waals surface area contributed by atoms with Crippen LogP contribution in [0.15, 0.2) is 0 Å². The van der Waals surface area contributed by atoms with Gasteiger partial charge in [-0.3, -0.25) is 9.59 Å². The van der Waals surface area contributed by atoms with E-state index in [1.165, 1.54) is 0 Å². The predicted molar refractivity (Wildman–Crippen MR) is 68.6 cm³/mol. The van der Waals surface area contributed by atoms with Gasteiger partial charge in [0.1, 0.15) is 6.04 Å². The summed E-state index contributed by atoms with van der Waals surface area (Å²) in [6, 6.07) is -1.42. The first-order valence-electron chi connectivity index (χ1n) is 6.59. The third-order valence-corrected chi connectivity index (χ3v) is 2.98. The van der Waals surface area contributed by atoms with Gasteiger partial charge in [0.05, 0.1) is 6.42 Å². The van der Waals surface area contributed by atoms with Gasteiger partial charge in [-0.05, 0) is 19.3 Å². The van der Waals surface area contributed by atoms with Gasteiger partial charge in [0, 0.05) is 12.6 Å². The second-order valence-corrected chi connectivity index (χ2v) is 4.69. The van der Waals surface area contributed by atoms with Crippen molar-refractivity contribution < 1.29 is 19.5 Å². The lowest BCUT2D eigenvalue weighted by Gasteiger charge is -2.24. The molecule has 1 saturated heterocycles. The van der Waals surface area contributed by atoms with Crippen molar-refractivity contribution >= 4 is 17.9 Å². The maximum absolute atomic E-state index is 11.7. The van der Waals surface area contributed by atoms with Crippen LogP contribution in [0.4, 0.5) is 4.79 Å². The van der Waals surface area contributed by atoms with Crippen LogP contribution in [-0.2, 0) is 9.59 Å². The number of carbonyl (C=O) groups is 3. The second kappa shape index (κ2) is 7.60. The van der Waals surface area contributed by atoms with Crippen LogP contribution in [0, 0.1) is 0 Å². The van der Waals surface area contributed by atoms with Crippen molar-refractivity contribution in [2.45, 2.75) is 51.1 Å². The van der Waals surface area contributed by atoms with Gasteiger partial charge in [-0.2, -0.15) is 0 Å². The molecule has 2 atom stereocenters. The molecule has 0 bridgehead atoms. The highest BCUT2D eigenvalue weighted by Crippen LogP contribution is 2.04. The van der Waals surface area contributed by atoms with E-state index in [1.54, 1.807) is 0 Å². The van der Waals surface area contributed by atoms with E-state index in [1.807, 2.05) is 6.92 Å². The third kappa shape index (κ3) is 5.58. The average Bonchev–Trinajstić information content (AvgIpc) is 2.31. The number of hydrogen-bond donors (Lipinski definition) is 4. The SMILES string of the molecule is CCCC(CC(=O)O)NC(=O)NC1CCCNC1=O. The normalized spacial score (nSPS) is 20.3. The van der Waals surface area contributed by atoms with Crippen molar-refractivity contribution in [3.05, 3.63) is 0 Å². The molecular formula is C12H21N3O4. The molecule has 4 N–H and O–H groups in total. The fourth-order valence-corrected chi connectivity index (χ4v) is 2.08. The Morgan fingerprint density at radius 3 is 2.84 bits per heavy atom. The molecule has 0 aromatic heterocycles. The van der Waals surface area contributed by atoms with Gasteiger partial charge in [-0.15, -0.1) is 0 Å². The van der Waals surface area contributed by atoms with Crippen LogP contribution in [0.5, 0.6) is 0 Å². The Hall–Kier alpha value is -1.79. The molecular weight excluding hydrogens is 250 g/mol. The fourth-order valence-electron chi connectivity index (χ4n) is 2.08. The summed E-state index contributed by atoms with van der Waals surface area (Å²) in [4.78, 5) is 33.9. The maximum atomic E-state index is 11.7. The molecule has 1 aliphatic rings. The highest BCUT2D eigenvalue weighted by Gasteiger charge is 2.24. The number of hydrogen-bond acceptors (Lipinski definition) is 3. The highest BCUT2D eigenvalue weighted by molar-refractivity contribution is 5.87. The molecule has 0 spiro atoms. The summed E-state index contributed by atoms with van der Waals surface area (Å²) in [6.07, 6.45) is 2.69. The Morgan fingerprint density at radius 2 is 2.26 bits per heavy atom. The summed E-state index contributed by atoms with van der Waals surface area (Å²) in [7, 11) is 0. The van der Waals surface area contributed by atoms with Crippen LogP contribution in [0.1, 0.15) is 39.0 Å². The number of amides is 3. The zero-order valence-corrected chi connectivity index (χ0v) is 11.1. The van der Waals surface area contributed by atoms with Crippen LogP contribution >= 0.6 is 0 Å². The van der Waals surface area contributed by atoms with Gasteiger partial charge in [-0.25, -0.2) is 4.79 Å². The standard InChI is InChI=1S/C12H21N3O4/c1-2-4-8(7-10(16)17)14-12(19)15-9-5-3-6-13-11(9)18/h8-9H,2-7H2,1H3,(H,13,18)(H,16,17)(H2,14,15,19). The van der Waals surface area contributed by atoms with Gasteiger partial charge in [0.25, 0.3) is 0 Å². The summed E-state index contributed by atoms with van der Waals surface area (Å²) in [5.74, 6) is -1.14. The van der Waals surface area contributed by atoms with Gasteiger partial charge in [-0.1, -0.05) is 13.3 Å². The number of piperidine rings is 1. The van der Waals surface area contributed by atoms with Crippen molar-refractivity contribution in [2.24, 2.45) is 0 Å². The van der Waals surface area contributed by atoms with E-state index in [0.29, 0.717) is 19.4 Å². The first-order valence-corrected chi connectivity index (χ1v) is 6.59. The van der Waals surface area contributed by atoms with E-state index in [2.05, 4.69) is 16.0 Å². The molecule has 2 unspecified atom stereocenters. The zero-order valence-electron chi connectivity index (χ0n) is 11.1. The van der Waals surface area contributed by atoms with Crippen molar-refractivity contribution in [1.29, 1.82) is 0 Å². The summed E-state index contributed by atoms with van der Waals surface area (Å²) in [5.41, 5.74) is 0. The molecule has 0 aliphatic carbocycles. The molecule has 7 nitrogen and oxygen atoms in total. The topological polar surface area (TPSA) is 108 Å². The zero-order chi connectivity index (χ0) is 14.3. The molecule has 108 valence electrons. The molecule has 1 heterocycles. The Morgan fingerprint density at radius 1 is 1.53 bits per heavy atom. The van der Waals surface area contributed by atoms with Gasteiger partial charge in [0.2, 0.25) is 5.91 Å². The molecule has 3 amide bonds. The highest BCUT2D eigenvalue weighted by atomic mass is 16.4. The maximum Gasteiger partial charge on any atom is 0.315 e. The fraction of sp³-hybridized carbons (Fsp3) is 0.750. The van der Waals surface area contributed by atoms with Crippen LogP contribution in [0.3, 0.4) is 0 Å². The number of urea groups is 1. The second-order valence-electron chi connectivity index (χ2n) is 4.69. The van der Waals surface area contributed by atoms with E-state index in [4.69, 9.17) is 5.11 Å². The molecule has 1 rings (SSSR count). The summed E-state index contributed by atoms with van der Waals surface area (Å²) >= 11 is 0. The van der Waals surface area contributed by atoms with Gasteiger partial charge < -0.3 is 21.1 Å². The van der Waals surface area contributed by atoms with E-state index in [9.17, 15) is 14.4 Å². The first-order chi connectivity index (χ1) is 9.02. The Bertz CT molecular complexity index is 346. The average molecular weight is 271 g/mol. The molecule has 19 heavy (non-hydrogen) atoms. The van der Waals surface area contributed by atoms with Gasteiger partial charge in [0.15, 0.2) is 0 Å². The molecule has 0 saturated carbocycles. The minimum Gasteiger partial charge on any atom is -0.481 e. The number of rotatable bonds is 6. The Balaban J connectivity index is 2.42. The van der Waals surface area contributed by atoms with Crippen molar-refractivity contribution in [1.82, 2.24) is 16.0 Å². The predicted octanol–water partition coefficient (Wildman–Crippen LogP) is 0.208. The molecule has 0 aromatic carbocycles. The molecule has 0 radical (unpaired) electrons. The number of aliphatic carboxylic acids is 1. The van der Waals surface area contributed by atoms with Gasteiger partial charge >= 0.3 is 12.0 Å². The van der Waals surface area contributed by atoms with Crippen molar-refractivity contribution in [3.63, 3.8) is 0 Å². The number of carbonyl (C=O) groups excluding carboxylic acids is 2. The number of carboxylic acid groups (broad SMARTS) is 1. The quantitative estimate of drug-likeness (QED) is 0.553. The van der Waals surface area contributed by atoms with Crippen LogP contribution in [-0.4, -0.2) is 41.6 Å². The molecule has 1 aliphatic heterocycles. The third-order valence-electron chi connectivity index (χ3n) is 2.98. The summed E-state index contributed by atoms with van der Waals surface area (Å²) in [5, 5.41) is 16.6. The van der Waals surface area contributed by atoms with Crippen LogP contribution in [0.2, 0.25) is 0 Å². The van der Waals surface area contributed by atoms with E-state index >= 15 is 0 Å². The molecule has 7 heteroatoms. The summed E-state index contributed by atoms with van der Waals surface area (Å²) < 4.78 is 0. The molecule has 1 fully saturated rings. The first kappa shape index (κ1) is 15.3. The van der Waals surface area contributed by atoms with Crippen molar-refractivity contribution in [3.8, 4) is 0 Å². The molecule has 0 aromatic rings. The minimum atomic E-state index is -0.950. The van der Waals surface area contributed by atoms with Crippen LogP contribution < -0.4 is 16.0 Å². The van der Waals surface area contributed by atoms with E-state index in [-0.39, 0.29) is 12.3 Å². The Labute approximate surface area is 112 Å². The van der Waals surface area contributed by atoms with Crippen molar-refractivity contribution in [2.75, 3.05) is 6.54 Å². The Kier molecular flexibility index (Phi) is 6.11. The van der Waals surface area contributed by atoms with E-state index < -0.39 is 24.1 Å². The minimum absolute atomic E-state index is 0.113. The largest absolute Gasteiger partial charge is 0.481 e. The number of carboxylic acids is 1. The lowest BCUT2D eigenvalue weighted by Crippen LogP contribution is -2.54. The lowest BCUT2D eigenvalue weighted by molar-refractivity contribution is -0.137. The van der Waals surface area contributed by atoms with E-state index in [0.717, 1.165) is 12.8 Å². The summed E-state index contributed by atoms with van der Waals surface area (Å²) in [6.45, 7) is 2.55. The lowest BCUT2D eigenvalue weighted by atomic mass is 10.1.